The molecular weight excluding hydrogens is 411 g/mol. The molecule has 9 heteroatoms. The lowest BCUT2D eigenvalue weighted by molar-refractivity contribution is -0.137. The summed E-state index contributed by atoms with van der Waals surface area (Å²) in [5.74, 6) is 1.52. The van der Waals surface area contributed by atoms with E-state index in [1.165, 1.54) is 17.8 Å². The van der Waals surface area contributed by atoms with Crippen LogP contribution in [0.25, 0.3) is 0 Å². The summed E-state index contributed by atoms with van der Waals surface area (Å²) in [6.07, 6.45) is -4.35. The van der Waals surface area contributed by atoms with Gasteiger partial charge in [0.05, 0.1) is 10.6 Å². The fraction of sp³-hybridized carbons (Fsp3) is 0.263. The van der Waals surface area contributed by atoms with E-state index in [1.54, 1.807) is 18.2 Å². The zero-order chi connectivity index (χ0) is 20.1. The first-order chi connectivity index (χ1) is 13.4. The summed E-state index contributed by atoms with van der Waals surface area (Å²) in [4.78, 5) is 0. The molecule has 1 aromatic heterocycles. The van der Waals surface area contributed by atoms with Crippen LogP contribution < -0.4 is 4.74 Å². The Hall–Kier alpha value is -2.19. The maximum absolute atomic E-state index is 12.8. The van der Waals surface area contributed by atoms with Crippen LogP contribution in [0.4, 0.5) is 13.2 Å². The van der Waals surface area contributed by atoms with E-state index in [9.17, 15) is 13.2 Å². The Morgan fingerprint density at radius 2 is 1.89 bits per heavy atom. The third kappa shape index (κ3) is 4.99. The van der Waals surface area contributed by atoms with Crippen molar-refractivity contribution >= 4 is 23.4 Å². The van der Waals surface area contributed by atoms with Gasteiger partial charge in [-0.1, -0.05) is 53.7 Å². The summed E-state index contributed by atoms with van der Waals surface area (Å²) >= 11 is 7.41. The Kier molecular flexibility index (Phi) is 6.51. The van der Waals surface area contributed by atoms with Gasteiger partial charge in [0.2, 0.25) is 0 Å². The van der Waals surface area contributed by atoms with E-state index in [-0.39, 0.29) is 6.61 Å². The smallest absolute Gasteiger partial charge is 0.416 e. The number of alkyl halides is 3. The largest absolute Gasteiger partial charge is 0.484 e. The highest BCUT2D eigenvalue weighted by Crippen LogP contribution is 2.31. The minimum Gasteiger partial charge on any atom is -0.484 e. The first kappa shape index (κ1) is 20.5. The summed E-state index contributed by atoms with van der Waals surface area (Å²) in [6.45, 7) is 2.74. The van der Waals surface area contributed by atoms with Gasteiger partial charge in [0.1, 0.15) is 12.4 Å². The number of thioether (sulfide) groups is 1. The second kappa shape index (κ2) is 8.87. The highest BCUT2D eigenvalue weighted by Gasteiger charge is 2.30. The molecule has 28 heavy (non-hydrogen) atoms. The van der Waals surface area contributed by atoms with E-state index >= 15 is 0 Å². The lowest BCUT2D eigenvalue weighted by Gasteiger charge is -2.10. The van der Waals surface area contributed by atoms with Crippen molar-refractivity contribution in [3.05, 3.63) is 70.5 Å². The SMILES string of the molecule is CCn1c(COc2ccccc2Cl)nnc1SCc1cccc(C(F)(F)F)c1. The van der Waals surface area contributed by atoms with Crippen molar-refractivity contribution in [3.63, 3.8) is 0 Å². The molecule has 0 aliphatic rings. The number of hydrogen-bond acceptors (Lipinski definition) is 4. The fourth-order valence-electron chi connectivity index (χ4n) is 2.54. The molecule has 2 aromatic carbocycles. The topological polar surface area (TPSA) is 39.9 Å². The molecule has 4 nitrogen and oxygen atoms in total. The minimum atomic E-state index is -4.35. The normalized spacial score (nSPS) is 11.6. The van der Waals surface area contributed by atoms with Crippen molar-refractivity contribution in [1.29, 1.82) is 0 Å². The molecule has 0 spiro atoms. The maximum atomic E-state index is 12.8. The van der Waals surface area contributed by atoms with E-state index in [1.807, 2.05) is 23.6 Å². The predicted molar refractivity (Wildman–Crippen MR) is 102 cm³/mol. The van der Waals surface area contributed by atoms with Gasteiger partial charge in [0.25, 0.3) is 0 Å². The zero-order valence-corrected chi connectivity index (χ0v) is 16.5. The van der Waals surface area contributed by atoms with Gasteiger partial charge < -0.3 is 9.30 Å². The number of hydrogen-bond donors (Lipinski definition) is 0. The van der Waals surface area contributed by atoms with E-state index < -0.39 is 11.7 Å². The molecule has 0 radical (unpaired) electrons. The predicted octanol–water partition coefficient (Wildman–Crippen LogP) is 5.84. The average molecular weight is 428 g/mol. The highest BCUT2D eigenvalue weighted by molar-refractivity contribution is 7.98. The lowest BCUT2D eigenvalue weighted by atomic mass is 10.1. The van der Waals surface area contributed by atoms with Crippen molar-refractivity contribution in [2.24, 2.45) is 0 Å². The molecule has 0 bridgehead atoms. The van der Waals surface area contributed by atoms with Crippen LogP contribution in [-0.2, 0) is 25.1 Å². The number of aromatic nitrogens is 3. The number of rotatable bonds is 7. The fourth-order valence-corrected chi connectivity index (χ4v) is 3.69. The summed E-state index contributed by atoms with van der Waals surface area (Å²) in [7, 11) is 0. The van der Waals surface area contributed by atoms with Crippen LogP contribution in [0, 0.1) is 0 Å². The first-order valence-electron chi connectivity index (χ1n) is 8.47. The number of halogens is 4. The molecule has 3 rings (SSSR count). The van der Waals surface area contributed by atoms with E-state index in [0.717, 1.165) is 12.1 Å². The van der Waals surface area contributed by atoms with Crippen molar-refractivity contribution in [3.8, 4) is 5.75 Å². The first-order valence-corrected chi connectivity index (χ1v) is 9.83. The van der Waals surface area contributed by atoms with Crippen molar-refractivity contribution in [2.45, 2.75) is 37.2 Å². The van der Waals surface area contributed by atoms with Crippen molar-refractivity contribution in [1.82, 2.24) is 14.8 Å². The Balaban J connectivity index is 1.68. The van der Waals surface area contributed by atoms with Gasteiger partial charge in [0.15, 0.2) is 11.0 Å². The van der Waals surface area contributed by atoms with Gasteiger partial charge in [-0.25, -0.2) is 0 Å². The second-order valence-electron chi connectivity index (χ2n) is 5.85. The van der Waals surface area contributed by atoms with Gasteiger partial charge >= 0.3 is 6.18 Å². The van der Waals surface area contributed by atoms with Crippen LogP contribution in [-0.4, -0.2) is 14.8 Å². The maximum Gasteiger partial charge on any atom is 0.416 e. The Morgan fingerprint density at radius 3 is 2.61 bits per heavy atom. The van der Waals surface area contributed by atoms with Gasteiger partial charge in [-0.05, 0) is 30.7 Å². The third-order valence-corrected chi connectivity index (χ3v) is 5.28. The zero-order valence-electron chi connectivity index (χ0n) is 14.9. The van der Waals surface area contributed by atoms with Gasteiger partial charge in [-0.3, -0.25) is 0 Å². The molecular formula is C19H17ClF3N3OS. The Bertz CT molecular complexity index is 946. The molecule has 3 aromatic rings. The quantitative estimate of drug-likeness (QED) is 0.444. The number of para-hydroxylation sites is 1. The van der Waals surface area contributed by atoms with Gasteiger partial charge in [-0.2, -0.15) is 13.2 Å². The van der Waals surface area contributed by atoms with Crippen LogP contribution in [0.2, 0.25) is 5.02 Å². The Labute approximate surface area is 169 Å². The van der Waals surface area contributed by atoms with E-state index in [2.05, 4.69) is 10.2 Å². The number of nitrogens with zero attached hydrogens (tertiary/aromatic N) is 3. The van der Waals surface area contributed by atoms with Crippen LogP contribution in [0.1, 0.15) is 23.9 Å². The minimum absolute atomic E-state index is 0.189. The molecule has 0 aliphatic heterocycles. The number of ether oxygens (including phenoxy) is 1. The van der Waals surface area contributed by atoms with E-state index in [0.29, 0.717) is 39.6 Å². The summed E-state index contributed by atoms with van der Waals surface area (Å²) < 4.78 is 46.1. The second-order valence-corrected chi connectivity index (χ2v) is 7.20. The molecule has 148 valence electrons. The van der Waals surface area contributed by atoms with Gasteiger partial charge in [0, 0.05) is 12.3 Å². The third-order valence-electron chi connectivity index (χ3n) is 3.93. The van der Waals surface area contributed by atoms with Crippen LogP contribution in [0.15, 0.2) is 53.7 Å². The monoisotopic (exact) mass is 427 g/mol. The molecule has 1 heterocycles. The molecule has 0 aliphatic carbocycles. The molecule has 0 atom stereocenters. The Morgan fingerprint density at radius 1 is 1.11 bits per heavy atom. The summed E-state index contributed by atoms with van der Waals surface area (Å²) in [6, 6.07) is 12.4. The van der Waals surface area contributed by atoms with E-state index in [4.69, 9.17) is 16.3 Å². The lowest BCUT2D eigenvalue weighted by Crippen LogP contribution is -2.07. The summed E-state index contributed by atoms with van der Waals surface area (Å²) in [5, 5.41) is 9.42. The molecule has 0 unspecified atom stereocenters. The standard InChI is InChI=1S/C19H17ClF3N3OS/c1-2-26-17(11-27-16-9-4-3-8-15(16)20)24-25-18(26)28-12-13-6-5-7-14(10-13)19(21,22)23/h3-10H,2,11-12H2,1H3. The van der Waals surface area contributed by atoms with Gasteiger partial charge in [-0.15, -0.1) is 10.2 Å². The summed E-state index contributed by atoms with van der Waals surface area (Å²) in [5.41, 5.74) is -0.0873. The van der Waals surface area contributed by atoms with Crippen LogP contribution >= 0.6 is 23.4 Å². The van der Waals surface area contributed by atoms with Crippen molar-refractivity contribution in [2.75, 3.05) is 0 Å². The van der Waals surface area contributed by atoms with Crippen LogP contribution in [0.3, 0.4) is 0 Å². The number of benzene rings is 2. The molecule has 0 saturated carbocycles. The molecule has 0 N–H and O–H groups in total. The molecule has 0 amide bonds. The van der Waals surface area contributed by atoms with Crippen molar-refractivity contribution < 1.29 is 17.9 Å². The highest BCUT2D eigenvalue weighted by atomic mass is 35.5. The van der Waals surface area contributed by atoms with Crippen LogP contribution in [0.5, 0.6) is 5.75 Å². The average Bonchev–Trinajstić information content (AvgIpc) is 3.07. The molecule has 0 fully saturated rings. The molecule has 0 saturated heterocycles.